The van der Waals surface area contributed by atoms with E-state index in [1.54, 1.807) is 31.5 Å². The Kier molecular flexibility index (Phi) is 5.86. The number of aromatic nitrogens is 2. The number of halogens is 1. The molecule has 0 spiro atoms. The first-order valence-electron chi connectivity index (χ1n) is 10.8. The number of para-hydroxylation sites is 1. The number of pyridine rings is 1. The van der Waals surface area contributed by atoms with Crippen LogP contribution in [0.4, 0.5) is 15.9 Å². The Balaban J connectivity index is 1.55. The molecule has 1 amide bonds. The van der Waals surface area contributed by atoms with Gasteiger partial charge in [-0.3, -0.25) is 18.9 Å². The monoisotopic (exact) mass is 495 g/mol. The zero-order valence-electron chi connectivity index (χ0n) is 18.7. The van der Waals surface area contributed by atoms with Crippen LogP contribution in [0.2, 0.25) is 0 Å². The van der Waals surface area contributed by atoms with E-state index in [0.29, 0.717) is 58.1 Å². The fraction of sp³-hybridized carbons (Fsp3) is 0.250. The highest BCUT2D eigenvalue weighted by Gasteiger charge is 2.30. The molecule has 174 valence electrons. The highest BCUT2D eigenvalue weighted by atomic mass is 32.2. The predicted molar refractivity (Wildman–Crippen MR) is 138 cm³/mol. The van der Waals surface area contributed by atoms with E-state index in [1.165, 1.54) is 27.1 Å². The van der Waals surface area contributed by atoms with Crippen LogP contribution in [0.1, 0.15) is 11.1 Å². The standard InChI is InChI=1S/C24H22FN5O2S2/c1-15-7-8-20-26-21(29-11-9-28(10-12-29)18-6-4-3-5-17(18)25)16(22(31)30(20)14-15)13-19-23(32)27(2)24(33)34-19/h3-8,13-14H,9-12H2,1-2H3/b19-13-. The molecule has 0 bridgehead atoms. The molecule has 3 aromatic rings. The number of aryl methyl sites for hydroxylation is 1. The van der Waals surface area contributed by atoms with Gasteiger partial charge in [0.1, 0.15) is 21.6 Å². The van der Waals surface area contributed by atoms with Gasteiger partial charge in [-0.2, -0.15) is 0 Å². The quantitative estimate of drug-likeness (QED) is 0.408. The van der Waals surface area contributed by atoms with Crippen molar-refractivity contribution in [2.75, 3.05) is 43.0 Å². The number of rotatable bonds is 3. The number of thiocarbonyl (C=S) groups is 1. The Morgan fingerprint density at radius 1 is 1.06 bits per heavy atom. The largest absolute Gasteiger partial charge is 0.366 e. The predicted octanol–water partition coefficient (Wildman–Crippen LogP) is 3.30. The third-order valence-electron chi connectivity index (χ3n) is 6.02. The van der Waals surface area contributed by atoms with Crippen LogP contribution in [0.15, 0.2) is 52.3 Å². The van der Waals surface area contributed by atoms with Crippen LogP contribution in [0.3, 0.4) is 0 Å². The normalized spacial score (nSPS) is 18.0. The molecule has 2 fully saturated rings. The summed E-state index contributed by atoms with van der Waals surface area (Å²) < 4.78 is 16.2. The molecular formula is C24H22FN5O2S2. The first kappa shape index (κ1) is 22.5. The number of amides is 1. The minimum atomic E-state index is -0.254. The van der Waals surface area contributed by atoms with Gasteiger partial charge in [0, 0.05) is 39.4 Å². The van der Waals surface area contributed by atoms with Gasteiger partial charge in [-0.05, 0) is 36.8 Å². The molecule has 0 N–H and O–H groups in total. The Morgan fingerprint density at radius 3 is 2.44 bits per heavy atom. The second-order valence-corrected chi connectivity index (χ2v) is 9.93. The molecule has 2 aliphatic heterocycles. The zero-order valence-corrected chi connectivity index (χ0v) is 20.3. The maximum Gasteiger partial charge on any atom is 0.267 e. The molecule has 34 heavy (non-hydrogen) atoms. The molecule has 2 aromatic heterocycles. The summed E-state index contributed by atoms with van der Waals surface area (Å²) in [6.45, 7) is 4.17. The van der Waals surface area contributed by atoms with Gasteiger partial charge in [-0.15, -0.1) is 0 Å². The molecule has 2 saturated heterocycles. The molecule has 5 rings (SSSR count). The number of likely N-dealkylation sites (N-methyl/N-ethyl adjacent to an activating group) is 1. The van der Waals surface area contributed by atoms with E-state index in [2.05, 4.69) is 0 Å². The molecule has 0 radical (unpaired) electrons. The molecule has 2 aliphatic rings. The Hall–Kier alpha value is -3.24. The number of fused-ring (bicyclic) bond motifs is 1. The van der Waals surface area contributed by atoms with Crippen LogP contribution in [-0.4, -0.2) is 57.7 Å². The molecule has 0 aliphatic carbocycles. The van der Waals surface area contributed by atoms with E-state index in [0.717, 1.165) is 5.56 Å². The molecule has 7 nitrogen and oxygen atoms in total. The van der Waals surface area contributed by atoms with Crippen molar-refractivity contribution in [1.82, 2.24) is 14.3 Å². The number of anilines is 2. The summed E-state index contributed by atoms with van der Waals surface area (Å²) in [5, 5.41) is 0. The van der Waals surface area contributed by atoms with Gasteiger partial charge in [0.25, 0.3) is 11.5 Å². The van der Waals surface area contributed by atoms with Crippen LogP contribution >= 0.6 is 24.0 Å². The van der Waals surface area contributed by atoms with E-state index >= 15 is 0 Å². The Labute approximate surface area is 205 Å². The lowest BCUT2D eigenvalue weighted by molar-refractivity contribution is -0.121. The molecule has 10 heteroatoms. The van der Waals surface area contributed by atoms with Crippen molar-refractivity contribution in [3.63, 3.8) is 0 Å². The number of piperazine rings is 1. The van der Waals surface area contributed by atoms with Crippen molar-refractivity contribution in [3.05, 3.63) is 74.8 Å². The van der Waals surface area contributed by atoms with Crippen molar-refractivity contribution in [2.24, 2.45) is 0 Å². The average molecular weight is 496 g/mol. The van der Waals surface area contributed by atoms with Crippen LogP contribution in [0, 0.1) is 12.7 Å². The Bertz CT molecular complexity index is 1410. The summed E-state index contributed by atoms with van der Waals surface area (Å²) in [6.07, 6.45) is 3.35. The van der Waals surface area contributed by atoms with E-state index < -0.39 is 0 Å². The molecule has 0 saturated carbocycles. The van der Waals surface area contributed by atoms with Gasteiger partial charge >= 0.3 is 0 Å². The lowest BCUT2D eigenvalue weighted by Gasteiger charge is -2.37. The summed E-state index contributed by atoms with van der Waals surface area (Å²) in [4.78, 5) is 36.8. The third-order valence-corrected chi connectivity index (χ3v) is 7.50. The number of hydrogen-bond acceptors (Lipinski definition) is 7. The van der Waals surface area contributed by atoms with Crippen LogP contribution in [0.5, 0.6) is 0 Å². The molecule has 1 aromatic carbocycles. The minimum absolute atomic E-state index is 0.237. The van der Waals surface area contributed by atoms with E-state index in [4.69, 9.17) is 17.2 Å². The minimum Gasteiger partial charge on any atom is -0.366 e. The molecular weight excluding hydrogens is 473 g/mol. The number of hydrogen-bond donors (Lipinski definition) is 0. The van der Waals surface area contributed by atoms with Crippen molar-refractivity contribution in [2.45, 2.75) is 6.92 Å². The summed E-state index contributed by atoms with van der Waals surface area (Å²) in [5.41, 5.74) is 2.12. The Morgan fingerprint density at radius 2 is 1.76 bits per heavy atom. The summed E-state index contributed by atoms with van der Waals surface area (Å²) in [6, 6.07) is 10.4. The number of carbonyl (C=O) groups is 1. The van der Waals surface area contributed by atoms with Crippen molar-refractivity contribution in [1.29, 1.82) is 0 Å². The van der Waals surface area contributed by atoms with Gasteiger partial charge in [0.2, 0.25) is 0 Å². The molecule has 0 unspecified atom stereocenters. The van der Waals surface area contributed by atoms with Crippen molar-refractivity contribution >= 4 is 57.4 Å². The van der Waals surface area contributed by atoms with Crippen LogP contribution < -0.4 is 15.4 Å². The lowest BCUT2D eigenvalue weighted by atomic mass is 10.2. The third kappa shape index (κ3) is 3.97. The number of nitrogens with zero attached hydrogens (tertiary/aromatic N) is 5. The number of thioether (sulfide) groups is 1. The second-order valence-electron chi connectivity index (χ2n) is 8.26. The van der Waals surface area contributed by atoms with Crippen molar-refractivity contribution in [3.8, 4) is 0 Å². The average Bonchev–Trinajstić information content (AvgIpc) is 3.08. The number of benzene rings is 1. The van der Waals surface area contributed by atoms with E-state index in [-0.39, 0.29) is 17.3 Å². The first-order valence-corrected chi connectivity index (χ1v) is 12.0. The first-order chi connectivity index (χ1) is 16.3. The van der Waals surface area contributed by atoms with Crippen LogP contribution in [0.25, 0.3) is 11.7 Å². The summed E-state index contributed by atoms with van der Waals surface area (Å²) in [7, 11) is 1.62. The fourth-order valence-corrected chi connectivity index (χ4v) is 5.32. The molecule has 4 heterocycles. The molecule has 0 atom stereocenters. The maximum absolute atomic E-state index is 14.3. The second kappa shape index (κ2) is 8.84. The van der Waals surface area contributed by atoms with Gasteiger partial charge < -0.3 is 9.80 Å². The van der Waals surface area contributed by atoms with E-state index in [1.807, 2.05) is 34.9 Å². The smallest absolute Gasteiger partial charge is 0.267 e. The number of carbonyl (C=O) groups excluding carboxylic acids is 1. The van der Waals surface area contributed by atoms with Crippen LogP contribution in [-0.2, 0) is 4.79 Å². The summed E-state index contributed by atoms with van der Waals surface area (Å²) >= 11 is 6.42. The maximum atomic E-state index is 14.3. The lowest BCUT2D eigenvalue weighted by Crippen LogP contribution is -2.47. The summed E-state index contributed by atoms with van der Waals surface area (Å²) in [5.74, 6) is 0.0261. The topological polar surface area (TPSA) is 61.2 Å². The van der Waals surface area contributed by atoms with Gasteiger partial charge in [-0.1, -0.05) is 42.2 Å². The zero-order chi connectivity index (χ0) is 24.0. The van der Waals surface area contributed by atoms with Gasteiger partial charge in [0.05, 0.1) is 16.2 Å². The SMILES string of the molecule is Cc1ccc2nc(N3CCN(c4ccccc4F)CC3)c(/C=C3\SC(=S)N(C)C3=O)c(=O)n2c1. The van der Waals surface area contributed by atoms with Crippen molar-refractivity contribution < 1.29 is 9.18 Å². The highest BCUT2D eigenvalue weighted by Crippen LogP contribution is 2.33. The highest BCUT2D eigenvalue weighted by molar-refractivity contribution is 8.26. The van der Waals surface area contributed by atoms with Gasteiger partial charge in [0.15, 0.2) is 0 Å². The van der Waals surface area contributed by atoms with Gasteiger partial charge in [-0.25, -0.2) is 9.37 Å². The van der Waals surface area contributed by atoms with E-state index in [9.17, 15) is 14.0 Å². The fourth-order valence-electron chi connectivity index (χ4n) is 4.16.